The number of methoxy groups -OCH3 is 1. The van der Waals surface area contributed by atoms with Gasteiger partial charge in [-0.05, 0) is 44.4 Å². The fourth-order valence-electron chi connectivity index (χ4n) is 2.58. The van der Waals surface area contributed by atoms with E-state index in [1.54, 1.807) is 38.1 Å². The molecule has 1 aliphatic rings. The summed E-state index contributed by atoms with van der Waals surface area (Å²) in [7, 11) is 1.28. The Hall–Kier alpha value is -2.41. The van der Waals surface area contributed by atoms with Crippen LogP contribution in [0, 0.1) is 0 Å². The Bertz CT molecular complexity index is 655. The van der Waals surface area contributed by atoms with Gasteiger partial charge in [-0.15, -0.1) is 0 Å². The maximum absolute atomic E-state index is 12.5. The van der Waals surface area contributed by atoms with E-state index in [1.165, 1.54) is 7.11 Å². The maximum atomic E-state index is 12.5. The fourth-order valence-corrected chi connectivity index (χ4v) is 2.58. The molecule has 2 N–H and O–H groups in total. The first-order chi connectivity index (χ1) is 11.9. The van der Waals surface area contributed by atoms with Crippen LogP contribution in [0.2, 0.25) is 0 Å². The van der Waals surface area contributed by atoms with Gasteiger partial charge in [0.1, 0.15) is 11.6 Å². The van der Waals surface area contributed by atoms with Crippen LogP contribution in [-0.4, -0.2) is 43.1 Å². The molecule has 2 rings (SSSR count). The number of amides is 2. The summed E-state index contributed by atoms with van der Waals surface area (Å²) < 4.78 is 10.1. The van der Waals surface area contributed by atoms with Gasteiger partial charge in [-0.1, -0.05) is 13.0 Å². The highest BCUT2D eigenvalue weighted by Crippen LogP contribution is 2.18. The molecule has 1 aliphatic heterocycles. The number of ether oxygens (including phenoxy) is 2. The van der Waals surface area contributed by atoms with E-state index < -0.39 is 23.5 Å². The van der Waals surface area contributed by atoms with E-state index in [1.807, 2.05) is 0 Å². The Morgan fingerprint density at radius 3 is 2.72 bits per heavy atom. The Labute approximate surface area is 147 Å². The molecule has 1 heterocycles. The SMILES string of the molecule is CC[C@@](C)(NC(=O)c1cccc(NC(=O)[C@@H]2CCCO2)c1)C(=O)OC. The minimum Gasteiger partial charge on any atom is -0.467 e. The lowest BCUT2D eigenvalue weighted by Crippen LogP contribution is -2.52. The smallest absolute Gasteiger partial charge is 0.331 e. The third kappa shape index (κ3) is 4.57. The summed E-state index contributed by atoms with van der Waals surface area (Å²) in [6.45, 7) is 3.99. The van der Waals surface area contributed by atoms with Crippen LogP contribution >= 0.6 is 0 Å². The summed E-state index contributed by atoms with van der Waals surface area (Å²) in [5.41, 5.74) is -0.263. The number of carbonyl (C=O) groups is 3. The molecule has 7 nitrogen and oxygen atoms in total. The van der Waals surface area contributed by atoms with E-state index in [2.05, 4.69) is 10.6 Å². The lowest BCUT2D eigenvalue weighted by Gasteiger charge is -2.26. The summed E-state index contributed by atoms with van der Waals surface area (Å²) in [5, 5.41) is 5.45. The lowest BCUT2D eigenvalue weighted by atomic mass is 9.98. The Morgan fingerprint density at radius 2 is 2.12 bits per heavy atom. The molecule has 25 heavy (non-hydrogen) atoms. The zero-order valence-electron chi connectivity index (χ0n) is 14.8. The highest BCUT2D eigenvalue weighted by molar-refractivity contribution is 6.00. The van der Waals surface area contributed by atoms with Crippen molar-refractivity contribution in [3.05, 3.63) is 29.8 Å². The molecule has 0 aliphatic carbocycles. The number of nitrogens with one attached hydrogen (secondary N) is 2. The van der Waals surface area contributed by atoms with Gasteiger partial charge in [0.15, 0.2) is 0 Å². The molecule has 2 atom stereocenters. The molecule has 7 heteroatoms. The average Bonchev–Trinajstić information content (AvgIpc) is 3.15. The summed E-state index contributed by atoms with van der Waals surface area (Å²) in [5.74, 6) is -1.14. The van der Waals surface area contributed by atoms with Crippen molar-refractivity contribution >= 4 is 23.5 Å². The van der Waals surface area contributed by atoms with E-state index in [0.29, 0.717) is 30.7 Å². The van der Waals surface area contributed by atoms with Crippen molar-refractivity contribution in [2.75, 3.05) is 19.0 Å². The molecule has 1 aromatic rings. The zero-order valence-corrected chi connectivity index (χ0v) is 14.8. The molecule has 0 unspecified atom stereocenters. The van der Waals surface area contributed by atoms with E-state index >= 15 is 0 Å². The van der Waals surface area contributed by atoms with Crippen molar-refractivity contribution in [3.8, 4) is 0 Å². The topological polar surface area (TPSA) is 93.7 Å². The second kappa shape index (κ2) is 8.11. The molecule has 2 amide bonds. The van der Waals surface area contributed by atoms with Crippen molar-refractivity contribution in [3.63, 3.8) is 0 Å². The second-order valence-corrected chi connectivity index (χ2v) is 6.20. The van der Waals surface area contributed by atoms with Crippen molar-refractivity contribution in [2.45, 2.75) is 44.8 Å². The summed E-state index contributed by atoms with van der Waals surface area (Å²) >= 11 is 0. The predicted octanol–water partition coefficient (Wildman–Crippen LogP) is 1.88. The zero-order chi connectivity index (χ0) is 18.4. The van der Waals surface area contributed by atoms with Crippen LogP contribution in [0.1, 0.15) is 43.5 Å². The van der Waals surface area contributed by atoms with Gasteiger partial charge in [0.2, 0.25) is 0 Å². The molecule has 1 fully saturated rings. The highest BCUT2D eigenvalue weighted by Gasteiger charge is 2.34. The van der Waals surface area contributed by atoms with Crippen LogP contribution < -0.4 is 10.6 Å². The monoisotopic (exact) mass is 348 g/mol. The molecular weight excluding hydrogens is 324 g/mol. The molecule has 1 aromatic carbocycles. The Morgan fingerprint density at radius 1 is 1.36 bits per heavy atom. The first-order valence-electron chi connectivity index (χ1n) is 8.33. The van der Waals surface area contributed by atoms with Gasteiger partial charge in [0, 0.05) is 17.9 Å². The van der Waals surface area contributed by atoms with Gasteiger partial charge >= 0.3 is 5.97 Å². The van der Waals surface area contributed by atoms with E-state index in [9.17, 15) is 14.4 Å². The van der Waals surface area contributed by atoms with Crippen LogP contribution in [0.4, 0.5) is 5.69 Å². The molecule has 136 valence electrons. The van der Waals surface area contributed by atoms with Crippen molar-refractivity contribution < 1.29 is 23.9 Å². The molecule has 0 radical (unpaired) electrons. The number of hydrogen-bond acceptors (Lipinski definition) is 5. The molecule has 0 bridgehead atoms. The lowest BCUT2D eigenvalue weighted by molar-refractivity contribution is -0.147. The van der Waals surface area contributed by atoms with Gasteiger partial charge < -0.3 is 20.1 Å². The van der Waals surface area contributed by atoms with Gasteiger partial charge in [-0.2, -0.15) is 0 Å². The molecule has 0 aromatic heterocycles. The first kappa shape index (κ1) is 18.9. The number of hydrogen-bond donors (Lipinski definition) is 2. The van der Waals surface area contributed by atoms with E-state index in [0.717, 1.165) is 6.42 Å². The standard InChI is InChI=1S/C18H24N2O5/c1-4-18(2,17(23)24-3)20-15(21)12-7-5-8-13(11-12)19-16(22)14-9-6-10-25-14/h5,7-8,11,14H,4,6,9-10H2,1-3H3,(H,19,22)(H,20,21)/t14-,18+/m0/s1. The van der Waals surface area contributed by atoms with Gasteiger partial charge in [-0.3, -0.25) is 9.59 Å². The largest absolute Gasteiger partial charge is 0.467 e. The summed E-state index contributed by atoms with van der Waals surface area (Å²) in [6, 6.07) is 6.55. The van der Waals surface area contributed by atoms with Crippen molar-refractivity contribution in [2.24, 2.45) is 0 Å². The third-order valence-electron chi connectivity index (χ3n) is 4.35. The van der Waals surface area contributed by atoms with Gasteiger partial charge in [-0.25, -0.2) is 4.79 Å². The summed E-state index contributed by atoms with van der Waals surface area (Å²) in [4.78, 5) is 36.5. The van der Waals surface area contributed by atoms with E-state index in [4.69, 9.17) is 9.47 Å². The highest BCUT2D eigenvalue weighted by atomic mass is 16.5. The first-order valence-corrected chi connectivity index (χ1v) is 8.33. The second-order valence-electron chi connectivity index (χ2n) is 6.20. The van der Waals surface area contributed by atoms with Crippen LogP contribution in [0.25, 0.3) is 0 Å². The summed E-state index contributed by atoms with van der Waals surface area (Å²) in [6.07, 6.45) is 1.50. The molecule has 0 spiro atoms. The van der Waals surface area contributed by atoms with Gasteiger partial charge in [0.05, 0.1) is 7.11 Å². The number of rotatable bonds is 6. The predicted molar refractivity (Wildman–Crippen MR) is 92.2 cm³/mol. The maximum Gasteiger partial charge on any atom is 0.331 e. The molecular formula is C18H24N2O5. The Balaban J connectivity index is 2.08. The Kier molecular flexibility index (Phi) is 6.14. The number of esters is 1. The minimum absolute atomic E-state index is 0.219. The normalized spacial score (nSPS) is 18.9. The molecule has 0 saturated carbocycles. The molecule has 1 saturated heterocycles. The number of benzene rings is 1. The third-order valence-corrected chi connectivity index (χ3v) is 4.35. The van der Waals surface area contributed by atoms with Crippen molar-refractivity contribution in [1.82, 2.24) is 5.32 Å². The van der Waals surface area contributed by atoms with Crippen LogP contribution in [0.5, 0.6) is 0 Å². The fraction of sp³-hybridized carbons (Fsp3) is 0.500. The van der Waals surface area contributed by atoms with E-state index in [-0.39, 0.29) is 5.91 Å². The number of anilines is 1. The van der Waals surface area contributed by atoms with Crippen LogP contribution in [-0.2, 0) is 19.1 Å². The number of carbonyl (C=O) groups excluding carboxylic acids is 3. The minimum atomic E-state index is -1.11. The van der Waals surface area contributed by atoms with Crippen molar-refractivity contribution in [1.29, 1.82) is 0 Å². The van der Waals surface area contributed by atoms with Crippen LogP contribution in [0.3, 0.4) is 0 Å². The average molecular weight is 348 g/mol. The van der Waals surface area contributed by atoms with Crippen LogP contribution in [0.15, 0.2) is 24.3 Å². The quantitative estimate of drug-likeness (QED) is 0.766. The van der Waals surface area contributed by atoms with Gasteiger partial charge in [0.25, 0.3) is 11.8 Å².